The molecule has 0 spiro atoms. The molecule has 0 aromatic rings. The summed E-state index contributed by atoms with van der Waals surface area (Å²) in [6, 6.07) is 0. The van der Waals surface area contributed by atoms with E-state index in [4.69, 9.17) is 25.5 Å². The van der Waals surface area contributed by atoms with Gasteiger partial charge in [-0.2, -0.15) is 0 Å². The summed E-state index contributed by atoms with van der Waals surface area (Å²) in [7, 11) is 0. The minimum atomic E-state index is -2.41. The molecule has 15 heavy (non-hydrogen) atoms. The van der Waals surface area contributed by atoms with Gasteiger partial charge in [0.25, 0.3) is 0 Å². The highest BCUT2D eigenvalue weighted by Crippen LogP contribution is 2.37. The van der Waals surface area contributed by atoms with Crippen LogP contribution in [0.25, 0.3) is 0 Å². The van der Waals surface area contributed by atoms with Crippen molar-refractivity contribution < 1.29 is 28.6 Å². The van der Waals surface area contributed by atoms with Crippen molar-refractivity contribution in [3.63, 3.8) is 0 Å². The van der Waals surface area contributed by atoms with Gasteiger partial charge in [-0.1, -0.05) is 0 Å². The summed E-state index contributed by atoms with van der Waals surface area (Å²) in [5.41, 5.74) is 5.22. The van der Waals surface area contributed by atoms with Crippen LogP contribution in [-0.2, 0) is 9.59 Å². The average molecular weight is 225 g/mol. The second-order valence-corrected chi connectivity index (χ2v) is 3.31. The molecule has 4 N–H and O–H groups in total. The molecule has 0 heterocycles. The first-order chi connectivity index (χ1) is 6.78. The van der Waals surface area contributed by atoms with Crippen LogP contribution in [0.15, 0.2) is 0 Å². The van der Waals surface area contributed by atoms with Gasteiger partial charge in [0.05, 0.1) is 0 Å². The molecule has 1 atom stereocenters. The third kappa shape index (κ3) is 5.95. The van der Waals surface area contributed by atoms with E-state index in [1.54, 1.807) is 0 Å². The number of aliphatic carboxylic acids is 2. The van der Waals surface area contributed by atoms with Crippen LogP contribution < -0.4 is 5.73 Å². The van der Waals surface area contributed by atoms with Gasteiger partial charge in [0.2, 0.25) is 5.92 Å². The highest BCUT2D eigenvalue weighted by molar-refractivity contribution is 6.27. The topological polar surface area (TPSA) is 101 Å². The molecule has 0 radical (unpaired) electrons. The number of halogens is 2. The summed E-state index contributed by atoms with van der Waals surface area (Å²) in [5.74, 6) is -5.99. The Balaban J connectivity index is 0.000000288. The van der Waals surface area contributed by atoms with Crippen LogP contribution in [0.1, 0.15) is 19.3 Å². The van der Waals surface area contributed by atoms with Gasteiger partial charge in [-0.25, -0.2) is 18.4 Å². The number of carboxylic acids is 2. The Morgan fingerprint density at radius 1 is 1.33 bits per heavy atom. The Bertz CT molecular complexity index is 233. The molecule has 7 heteroatoms. The first kappa shape index (κ1) is 13.8. The van der Waals surface area contributed by atoms with Crippen molar-refractivity contribution in [3.8, 4) is 0 Å². The smallest absolute Gasteiger partial charge is 0.414 e. The monoisotopic (exact) mass is 225 g/mol. The summed E-state index contributed by atoms with van der Waals surface area (Å²) in [5, 5.41) is 14.8. The second-order valence-electron chi connectivity index (χ2n) is 3.31. The van der Waals surface area contributed by atoms with Gasteiger partial charge in [0.1, 0.15) is 0 Å². The fourth-order valence-electron chi connectivity index (χ4n) is 1.24. The zero-order chi connectivity index (χ0) is 12.1. The highest BCUT2D eigenvalue weighted by atomic mass is 19.3. The first-order valence-electron chi connectivity index (χ1n) is 4.32. The average Bonchev–Trinajstić information content (AvgIpc) is 2.46. The van der Waals surface area contributed by atoms with E-state index in [2.05, 4.69) is 0 Å². The van der Waals surface area contributed by atoms with Crippen LogP contribution in [-0.4, -0.2) is 34.6 Å². The van der Waals surface area contributed by atoms with Gasteiger partial charge in [-0.3, -0.25) is 0 Å². The van der Waals surface area contributed by atoms with Gasteiger partial charge in [0.15, 0.2) is 0 Å². The summed E-state index contributed by atoms with van der Waals surface area (Å²) < 4.78 is 24.7. The van der Waals surface area contributed by atoms with E-state index >= 15 is 0 Å². The predicted octanol–water partition coefficient (Wildman–Crippen LogP) is 0.536. The Morgan fingerprint density at radius 2 is 1.80 bits per heavy atom. The van der Waals surface area contributed by atoms with Crippen LogP contribution in [0.5, 0.6) is 0 Å². The van der Waals surface area contributed by atoms with E-state index in [9.17, 15) is 8.78 Å². The normalized spacial score (nSPS) is 22.7. The standard InChI is InChI=1S/C6H11F2N.C2H2O4/c7-6(8)2-1-5(3-6)4-9;3-1(4)2(5)6/h5H,1-4,9H2;(H,3,4)(H,5,6). The molecule has 5 nitrogen and oxygen atoms in total. The van der Waals surface area contributed by atoms with E-state index in [1.807, 2.05) is 0 Å². The summed E-state index contributed by atoms with van der Waals surface area (Å²) >= 11 is 0. The number of alkyl halides is 2. The maximum atomic E-state index is 12.3. The van der Waals surface area contributed by atoms with E-state index in [1.165, 1.54) is 0 Å². The Kier molecular flexibility index (Phi) is 5.13. The maximum Gasteiger partial charge on any atom is 0.414 e. The van der Waals surface area contributed by atoms with Crippen molar-refractivity contribution in [3.05, 3.63) is 0 Å². The number of hydrogen-bond donors (Lipinski definition) is 3. The predicted molar refractivity (Wildman–Crippen MR) is 46.6 cm³/mol. The van der Waals surface area contributed by atoms with Crippen LogP contribution >= 0.6 is 0 Å². The second kappa shape index (κ2) is 5.59. The lowest BCUT2D eigenvalue weighted by Gasteiger charge is -2.06. The molecule has 1 saturated carbocycles. The molecule has 0 amide bonds. The Morgan fingerprint density at radius 3 is 1.93 bits per heavy atom. The first-order valence-corrected chi connectivity index (χ1v) is 4.32. The molecule has 0 aliphatic heterocycles. The van der Waals surface area contributed by atoms with Gasteiger partial charge >= 0.3 is 11.9 Å². The van der Waals surface area contributed by atoms with Crippen molar-refractivity contribution in [2.75, 3.05) is 6.54 Å². The van der Waals surface area contributed by atoms with E-state index in [-0.39, 0.29) is 18.8 Å². The van der Waals surface area contributed by atoms with Crippen LogP contribution in [0, 0.1) is 5.92 Å². The van der Waals surface area contributed by atoms with E-state index in [0.717, 1.165) is 0 Å². The summed E-state index contributed by atoms with van der Waals surface area (Å²) in [6.07, 6.45) is 0.641. The van der Waals surface area contributed by atoms with Crippen LogP contribution in [0.4, 0.5) is 8.78 Å². The van der Waals surface area contributed by atoms with Crippen LogP contribution in [0.3, 0.4) is 0 Å². The Labute approximate surface area is 84.9 Å². The molecule has 88 valence electrons. The van der Waals surface area contributed by atoms with E-state index < -0.39 is 17.9 Å². The minimum Gasteiger partial charge on any atom is -0.473 e. The van der Waals surface area contributed by atoms with Gasteiger partial charge in [-0.05, 0) is 18.9 Å². The fraction of sp³-hybridized carbons (Fsp3) is 0.750. The molecular weight excluding hydrogens is 212 g/mol. The van der Waals surface area contributed by atoms with Crippen molar-refractivity contribution in [2.45, 2.75) is 25.2 Å². The number of carboxylic acid groups (broad SMARTS) is 2. The van der Waals surface area contributed by atoms with Gasteiger partial charge < -0.3 is 15.9 Å². The van der Waals surface area contributed by atoms with Crippen LogP contribution in [0.2, 0.25) is 0 Å². The number of nitrogens with two attached hydrogens (primary N) is 1. The Hall–Kier alpha value is -1.24. The number of rotatable bonds is 1. The van der Waals surface area contributed by atoms with E-state index in [0.29, 0.717) is 13.0 Å². The lowest BCUT2D eigenvalue weighted by Crippen LogP contribution is -2.14. The third-order valence-corrected chi connectivity index (χ3v) is 2.02. The molecule has 0 bridgehead atoms. The quantitative estimate of drug-likeness (QED) is 0.565. The zero-order valence-corrected chi connectivity index (χ0v) is 7.95. The van der Waals surface area contributed by atoms with Crippen molar-refractivity contribution in [1.82, 2.24) is 0 Å². The number of carbonyl (C=O) groups is 2. The van der Waals surface area contributed by atoms with Crippen molar-refractivity contribution >= 4 is 11.9 Å². The molecule has 0 aromatic heterocycles. The molecule has 1 unspecified atom stereocenters. The molecular formula is C8H13F2NO4. The highest BCUT2D eigenvalue weighted by Gasteiger charge is 2.38. The fourth-order valence-corrected chi connectivity index (χ4v) is 1.24. The summed E-state index contributed by atoms with van der Waals surface area (Å²) in [6.45, 7) is 0.412. The lowest BCUT2D eigenvalue weighted by atomic mass is 10.1. The third-order valence-electron chi connectivity index (χ3n) is 2.02. The van der Waals surface area contributed by atoms with Crippen molar-refractivity contribution in [2.24, 2.45) is 11.7 Å². The number of hydrogen-bond acceptors (Lipinski definition) is 3. The van der Waals surface area contributed by atoms with Crippen molar-refractivity contribution in [1.29, 1.82) is 0 Å². The minimum absolute atomic E-state index is 0.00347. The lowest BCUT2D eigenvalue weighted by molar-refractivity contribution is -0.159. The zero-order valence-electron chi connectivity index (χ0n) is 7.95. The maximum absolute atomic E-state index is 12.3. The molecule has 1 rings (SSSR count). The molecule has 1 aliphatic carbocycles. The summed E-state index contributed by atoms with van der Waals surface area (Å²) in [4.78, 5) is 18.2. The molecule has 0 aromatic carbocycles. The SMILES string of the molecule is NCC1CCC(F)(F)C1.O=C(O)C(=O)O. The van der Waals surface area contributed by atoms with Gasteiger partial charge in [0, 0.05) is 12.8 Å². The largest absolute Gasteiger partial charge is 0.473 e. The molecule has 1 fully saturated rings. The molecule has 0 saturated heterocycles. The van der Waals surface area contributed by atoms with Gasteiger partial charge in [-0.15, -0.1) is 0 Å². The molecule has 1 aliphatic rings.